The van der Waals surface area contributed by atoms with Gasteiger partial charge in [0.15, 0.2) is 0 Å². The molecule has 0 spiro atoms. The molecular weight excluding hydrogens is 424 g/mol. The van der Waals surface area contributed by atoms with Crippen LogP contribution in [0.5, 0.6) is 11.5 Å². The normalized spacial score (nSPS) is 15.7. The Morgan fingerprint density at radius 2 is 1.97 bits per heavy atom. The van der Waals surface area contributed by atoms with Gasteiger partial charge in [-0.1, -0.05) is 12.1 Å². The number of hydrogen-bond acceptors (Lipinski definition) is 6. The molecule has 2 amide bonds. The van der Waals surface area contributed by atoms with Crippen LogP contribution in [0.2, 0.25) is 0 Å². The minimum atomic E-state index is -0.513. The van der Waals surface area contributed by atoms with E-state index in [1.54, 1.807) is 53.3 Å². The zero-order chi connectivity index (χ0) is 23.5. The summed E-state index contributed by atoms with van der Waals surface area (Å²) in [7, 11) is 3.08. The number of ether oxygens (including phenoxy) is 2. The lowest BCUT2D eigenvalue weighted by Gasteiger charge is -2.24. The summed E-state index contributed by atoms with van der Waals surface area (Å²) in [6.45, 7) is 2.67. The van der Waals surface area contributed by atoms with Crippen molar-refractivity contribution in [3.05, 3.63) is 58.6 Å². The van der Waals surface area contributed by atoms with Crippen molar-refractivity contribution in [3.63, 3.8) is 0 Å². The third-order valence-electron chi connectivity index (χ3n) is 5.85. The number of anilines is 1. The summed E-state index contributed by atoms with van der Waals surface area (Å²) in [5.41, 5.74) is 0.902. The molecule has 0 saturated carbocycles. The van der Waals surface area contributed by atoms with E-state index in [0.29, 0.717) is 40.5 Å². The van der Waals surface area contributed by atoms with Gasteiger partial charge >= 0.3 is 0 Å². The van der Waals surface area contributed by atoms with Crippen LogP contribution in [0.4, 0.5) is 5.69 Å². The van der Waals surface area contributed by atoms with Crippen molar-refractivity contribution in [1.29, 1.82) is 0 Å². The highest BCUT2D eigenvalue weighted by Crippen LogP contribution is 2.36. The molecule has 1 aliphatic heterocycles. The summed E-state index contributed by atoms with van der Waals surface area (Å²) in [4.78, 5) is 48.9. The number of H-pyrrole nitrogens is 1. The van der Waals surface area contributed by atoms with E-state index in [-0.39, 0.29) is 36.9 Å². The molecule has 172 valence electrons. The number of amides is 2. The Hall–Kier alpha value is -3.88. The Balaban J connectivity index is 1.54. The quantitative estimate of drug-likeness (QED) is 0.593. The minimum absolute atomic E-state index is 0.0946. The summed E-state index contributed by atoms with van der Waals surface area (Å²) < 4.78 is 10.7. The topological polar surface area (TPSA) is 105 Å². The second kappa shape index (κ2) is 9.32. The molecule has 1 atom stereocenters. The van der Waals surface area contributed by atoms with Crippen LogP contribution in [-0.2, 0) is 16.1 Å². The van der Waals surface area contributed by atoms with E-state index < -0.39 is 5.92 Å². The van der Waals surface area contributed by atoms with Crippen LogP contribution in [0.15, 0.2) is 47.3 Å². The second-order valence-corrected chi connectivity index (χ2v) is 7.83. The number of aromatic amines is 1. The number of hydrogen-bond donors (Lipinski definition) is 1. The van der Waals surface area contributed by atoms with Gasteiger partial charge in [-0.3, -0.25) is 14.4 Å². The SMILES string of the molecule is CCN(Cc1nc2ccccc2c(=O)[nH]1)C(=O)[C@H]1CC(=O)N(c2cc(OC)ccc2OC)C1. The number of aromatic nitrogens is 2. The molecule has 1 aromatic heterocycles. The largest absolute Gasteiger partial charge is 0.497 e. The van der Waals surface area contributed by atoms with Gasteiger partial charge in [0.25, 0.3) is 5.56 Å². The number of methoxy groups -OCH3 is 2. The summed E-state index contributed by atoms with van der Waals surface area (Å²) >= 11 is 0. The molecule has 1 aliphatic rings. The maximum Gasteiger partial charge on any atom is 0.258 e. The average Bonchev–Trinajstić information content (AvgIpc) is 3.23. The third-order valence-corrected chi connectivity index (χ3v) is 5.85. The zero-order valence-electron chi connectivity index (χ0n) is 18.8. The van der Waals surface area contributed by atoms with Crippen LogP contribution < -0.4 is 19.9 Å². The monoisotopic (exact) mass is 450 g/mol. The van der Waals surface area contributed by atoms with Crippen molar-refractivity contribution in [2.24, 2.45) is 5.92 Å². The van der Waals surface area contributed by atoms with Gasteiger partial charge < -0.3 is 24.3 Å². The minimum Gasteiger partial charge on any atom is -0.497 e. The molecule has 0 bridgehead atoms. The van der Waals surface area contributed by atoms with Crippen LogP contribution in [0.3, 0.4) is 0 Å². The molecule has 9 nitrogen and oxygen atoms in total. The first kappa shape index (κ1) is 22.3. The van der Waals surface area contributed by atoms with Crippen LogP contribution in [-0.4, -0.2) is 54.0 Å². The number of rotatable bonds is 7. The maximum absolute atomic E-state index is 13.3. The predicted octanol–water partition coefficient (Wildman–Crippen LogP) is 2.34. The zero-order valence-corrected chi connectivity index (χ0v) is 18.8. The molecule has 1 fully saturated rings. The summed E-state index contributed by atoms with van der Waals surface area (Å²) in [6, 6.07) is 12.3. The number of nitrogens with zero attached hydrogens (tertiary/aromatic N) is 3. The lowest BCUT2D eigenvalue weighted by Crippen LogP contribution is -2.37. The Kier molecular flexibility index (Phi) is 6.30. The molecule has 1 N–H and O–H groups in total. The first-order valence-electron chi connectivity index (χ1n) is 10.7. The van der Waals surface area contributed by atoms with E-state index in [9.17, 15) is 14.4 Å². The van der Waals surface area contributed by atoms with Crippen molar-refractivity contribution in [2.75, 3.05) is 32.2 Å². The molecule has 9 heteroatoms. The Morgan fingerprint density at radius 1 is 1.18 bits per heavy atom. The number of fused-ring (bicyclic) bond motifs is 1. The van der Waals surface area contributed by atoms with Gasteiger partial charge in [-0.15, -0.1) is 0 Å². The van der Waals surface area contributed by atoms with Gasteiger partial charge in [0.05, 0.1) is 43.3 Å². The molecule has 1 saturated heterocycles. The van der Waals surface area contributed by atoms with E-state index in [1.165, 1.54) is 7.11 Å². The Bertz CT molecular complexity index is 1260. The van der Waals surface area contributed by atoms with Crippen molar-refractivity contribution in [3.8, 4) is 11.5 Å². The highest BCUT2D eigenvalue weighted by Gasteiger charge is 2.38. The van der Waals surface area contributed by atoms with E-state index in [2.05, 4.69) is 9.97 Å². The first-order chi connectivity index (χ1) is 15.9. The van der Waals surface area contributed by atoms with E-state index in [4.69, 9.17) is 9.47 Å². The second-order valence-electron chi connectivity index (χ2n) is 7.83. The van der Waals surface area contributed by atoms with Gasteiger partial charge in [0.1, 0.15) is 17.3 Å². The maximum atomic E-state index is 13.3. The van der Waals surface area contributed by atoms with E-state index in [1.807, 2.05) is 13.0 Å². The van der Waals surface area contributed by atoms with Gasteiger partial charge in [-0.05, 0) is 31.2 Å². The summed E-state index contributed by atoms with van der Waals surface area (Å²) in [6.07, 6.45) is 0.0946. The summed E-state index contributed by atoms with van der Waals surface area (Å²) in [5.74, 6) is 0.696. The molecule has 0 aliphatic carbocycles. The number of nitrogens with one attached hydrogen (secondary N) is 1. The highest BCUT2D eigenvalue weighted by molar-refractivity contribution is 6.01. The lowest BCUT2D eigenvalue weighted by atomic mass is 10.1. The molecule has 4 rings (SSSR count). The van der Waals surface area contributed by atoms with Crippen LogP contribution in [0, 0.1) is 5.92 Å². The van der Waals surface area contributed by atoms with E-state index >= 15 is 0 Å². The van der Waals surface area contributed by atoms with Gasteiger partial charge in [-0.2, -0.15) is 0 Å². The van der Waals surface area contributed by atoms with Crippen LogP contribution in [0.25, 0.3) is 10.9 Å². The molecule has 0 radical (unpaired) electrons. The number of carbonyl (C=O) groups is 2. The third kappa shape index (κ3) is 4.39. The fraction of sp³-hybridized carbons (Fsp3) is 0.333. The first-order valence-corrected chi connectivity index (χ1v) is 10.7. The number of para-hydroxylation sites is 1. The Morgan fingerprint density at radius 3 is 2.70 bits per heavy atom. The van der Waals surface area contributed by atoms with Crippen molar-refractivity contribution < 1.29 is 19.1 Å². The predicted molar refractivity (Wildman–Crippen MR) is 123 cm³/mol. The fourth-order valence-corrected chi connectivity index (χ4v) is 4.11. The van der Waals surface area contributed by atoms with Gasteiger partial charge in [0.2, 0.25) is 11.8 Å². The lowest BCUT2D eigenvalue weighted by molar-refractivity contribution is -0.136. The number of benzene rings is 2. The number of carbonyl (C=O) groups excluding carboxylic acids is 2. The van der Waals surface area contributed by atoms with Gasteiger partial charge in [0, 0.05) is 25.6 Å². The standard InChI is InChI=1S/C24H26N4O5/c1-4-27(14-21-25-18-8-6-5-7-17(18)23(30)26-21)24(31)15-11-22(29)28(13-15)19-12-16(32-2)9-10-20(19)33-3/h5-10,12,15H,4,11,13-14H2,1-3H3,(H,25,26,30)/t15-/m0/s1. The molecule has 3 aromatic rings. The molecule has 33 heavy (non-hydrogen) atoms. The van der Waals surface area contributed by atoms with E-state index in [0.717, 1.165) is 0 Å². The van der Waals surface area contributed by atoms with Gasteiger partial charge in [-0.25, -0.2) is 4.98 Å². The van der Waals surface area contributed by atoms with Crippen molar-refractivity contribution >= 4 is 28.4 Å². The molecule has 2 aromatic carbocycles. The van der Waals surface area contributed by atoms with Crippen molar-refractivity contribution in [2.45, 2.75) is 19.9 Å². The van der Waals surface area contributed by atoms with Crippen LogP contribution >= 0.6 is 0 Å². The average molecular weight is 450 g/mol. The molecule has 0 unspecified atom stereocenters. The van der Waals surface area contributed by atoms with Crippen molar-refractivity contribution in [1.82, 2.24) is 14.9 Å². The smallest absolute Gasteiger partial charge is 0.258 e. The molecule has 2 heterocycles. The molecular formula is C24H26N4O5. The highest BCUT2D eigenvalue weighted by atomic mass is 16.5. The summed E-state index contributed by atoms with van der Waals surface area (Å²) in [5, 5.41) is 0.500. The fourth-order valence-electron chi connectivity index (χ4n) is 4.11. The Labute approximate surface area is 190 Å². The van der Waals surface area contributed by atoms with Crippen LogP contribution in [0.1, 0.15) is 19.2 Å².